The van der Waals surface area contributed by atoms with Crippen LogP contribution in [0.4, 0.5) is 16.4 Å². The number of ether oxygens (including phenoxy) is 1. The molecular weight excluding hydrogens is 460 g/mol. The van der Waals surface area contributed by atoms with Crippen molar-refractivity contribution < 1.29 is 22.7 Å². The maximum absolute atomic E-state index is 13.0. The van der Waals surface area contributed by atoms with E-state index in [9.17, 15) is 23.3 Å². The number of hydrogen-bond donors (Lipinski definition) is 2. The van der Waals surface area contributed by atoms with Crippen molar-refractivity contribution in [2.45, 2.75) is 46.3 Å². The molecule has 1 aliphatic rings. The molecule has 0 atom stereocenters. The Labute approximate surface area is 198 Å². The Morgan fingerprint density at radius 2 is 2.15 bits per heavy atom. The molecule has 0 saturated heterocycles. The summed E-state index contributed by atoms with van der Waals surface area (Å²) in [7, 11) is -3.44. The summed E-state index contributed by atoms with van der Waals surface area (Å²) >= 11 is 0. The first-order valence-corrected chi connectivity index (χ1v) is 12.4. The van der Waals surface area contributed by atoms with E-state index in [-0.39, 0.29) is 35.5 Å². The number of anilines is 2. The molecule has 12 heteroatoms. The molecule has 0 saturated carbocycles. The first-order valence-electron chi connectivity index (χ1n) is 10.8. The van der Waals surface area contributed by atoms with E-state index in [1.54, 1.807) is 6.07 Å². The number of sulfonamides is 1. The Bertz CT molecular complexity index is 1240. The SMILES string of the molecule is CCS(=O)(=O)NCc1cc2c(nc1C=O)N(C(=O)Nc1cc(OC(C)C)c(C#N)cn1)CCC2. The van der Waals surface area contributed by atoms with Gasteiger partial charge in [-0.25, -0.2) is 27.9 Å². The van der Waals surface area contributed by atoms with E-state index in [0.717, 1.165) is 5.56 Å². The van der Waals surface area contributed by atoms with Crippen LogP contribution in [0.5, 0.6) is 5.75 Å². The number of aromatic nitrogens is 2. The Morgan fingerprint density at radius 3 is 2.79 bits per heavy atom. The summed E-state index contributed by atoms with van der Waals surface area (Å²) in [5.74, 6) is 0.763. The number of nitrogens with one attached hydrogen (secondary N) is 2. The number of carbonyl (C=O) groups excluding carboxylic acids is 2. The fourth-order valence-corrected chi connectivity index (χ4v) is 3.99. The van der Waals surface area contributed by atoms with Gasteiger partial charge in [0.2, 0.25) is 10.0 Å². The molecule has 0 spiro atoms. The molecule has 2 amide bonds. The van der Waals surface area contributed by atoms with Crippen molar-refractivity contribution in [3.8, 4) is 11.8 Å². The lowest BCUT2D eigenvalue weighted by atomic mass is 10.0. The third-order valence-corrected chi connectivity index (χ3v) is 6.42. The summed E-state index contributed by atoms with van der Waals surface area (Å²) in [5.41, 5.74) is 1.48. The summed E-state index contributed by atoms with van der Waals surface area (Å²) in [6.45, 7) is 5.47. The zero-order valence-electron chi connectivity index (χ0n) is 19.2. The molecule has 0 aliphatic carbocycles. The molecule has 0 fully saturated rings. The summed E-state index contributed by atoms with van der Waals surface area (Å²) in [4.78, 5) is 34.6. The van der Waals surface area contributed by atoms with Gasteiger partial charge >= 0.3 is 6.03 Å². The number of hydrogen-bond acceptors (Lipinski definition) is 8. The Kier molecular flexibility index (Phi) is 7.80. The maximum Gasteiger partial charge on any atom is 0.328 e. The van der Waals surface area contributed by atoms with Crippen LogP contribution in [0, 0.1) is 11.3 Å². The van der Waals surface area contributed by atoms with Gasteiger partial charge in [0.05, 0.1) is 18.1 Å². The molecule has 0 aromatic carbocycles. The van der Waals surface area contributed by atoms with Crippen LogP contribution in [-0.2, 0) is 23.0 Å². The van der Waals surface area contributed by atoms with Crippen LogP contribution in [0.3, 0.4) is 0 Å². The Morgan fingerprint density at radius 1 is 1.38 bits per heavy atom. The number of fused-ring (bicyclic) bond motifs is 1. The fraction of sp³-hybridized carbons (Fsp3) is 0.409. The maximum atomic E-state index is 13.0. The zero-order chi connectivity index (χ0) is 24.9. The van der Waals surface area contributed by atoms with Crippen molar-refractivity contribution in [2.24, 2.45) is 0 Å². The molecule has 2 aromatic rings. The van der Waals surface area contributed by atoms with Crippen LogP contribution in [0.25, 0.3) is 0 Å². The van der Waals surface area contributed by atoms with Crippen molar-refractivity contribution in [1.29, 1.82) is 5.26 Å². The lowest BCUT2D eigenvalue weighted by Gasteiger charge is -2.29. The smallest absolute Gasteiger partial charge is 0.328 e. The molecule has 34 heavy (non-hydrogen) atoms. The second-order valence-corrected chi connectivity index (χ2v) is 9.98. The van der Waals surface area contributed by atoms with Gasteiger partial charge in [0.25, 0.3) is 0 Å². The number of aldehydes is 1. The van der Waals surface area contributed by atoms with Crippen molar-refractivity contribution in [2.75, 3.05) is 22.5 Å². The normalized spacial score (nSPS) is 13.2. The topological polar surface area (TPSA) is 154 Å². The molecule has 1 aliphatic heterocycles. The summed E-state index contributed by atoms with van der Waals surface area (Å²) < 4.78 is 31.6. The lowest BCUT2D eigenvalue weighted by molar-refractivity contribution is 0.111. The zero-order valence-corrected chi connectivity index (χ0v) is 20.0. The molecule has 11 nitrogen and oxygen atoms in total. The van der Waals surface area contributed by atoms with E-state index in [1.165, 1.54) is 24.1 Å². The molecule has 2 N–H and O–H groups in total. The van der Waals surface area contributed by atoms with Crippen LogP contribution < -0.4 is 19.7 Å². The van der Waals surface area contributed by atoms with E-state index in [0.29, 0.717) is 42.8 Å². The van der Waals surface area contributed by atoms with Gasteiger partial charge in [0.15, 0.2) is 6.29 Å². The minimum absolute atomic E-state index is 0.0568. The summed E-state index contributed by atoms with van der Waals surface area (Å²) in [5, 5.41) is 11.9. The van der Waals surface area contributed by atoms with E-state index < -0.39 is 16.1 Å². The van der Waals surface area contributed by atoms with Crippen LogP contribution in [0.1, 0.15) is 54.4 Å². The molecular formula is C22H26N6O5S. The van der Waals surface area contributed by atoms with Crippen molar-refractivity contribution >= 4 is 34.0 Å². The number of rotatable bonds is 8. The molecule has 180 valence electrons. The Hall–Kier alpha value is -3.56. The minimum atomic E-state index is -3.44. The van der Waals surface area contributed by atoms with Gasteiger partial charge in [-0.1, -0.05) is 0 Å². The van der Waals surface area contributed by atoms with E-state index >= 15 is 0 Å². The summed E-state index contributed by atoms with van der Waals surface area (Å²) in [6.07, 6.45) is 2.97. The van der Waals surface area contributed by atoms with Crippen LogP contribution in [0.2, 0.25) is 0 Å². The van der Waals surface area contributed by atoms with Crippen LogP contribution in [0.15, 0.2) is 18.3 Å². The molecule has 3 rings (SSSR count). The third-order valence-electron chi connectivity index (χ3n) is 5.08. The average molecular weight is 487 g/mol. The van der Waals surface area contributed by atoms with Gasteiger partial charge in [0, 0.05) is 19.2 Å². The largest absolute Gasteiger partial charge is 0.489 e. The molecule has 2 aromatic heterocycles. The molecule has 0 unspecified atom stereocenters. The Balaban J connectivity index is 1.86. The second-order valence-electron chi connectivity index (χ2n) is 7.89. The monoisotopic (exact) mass is 486 g/mol. The third kappa shape index (κ3) is 5.86. The van der Waals surface area contributed by atoms with E-state index in [4.69, 9.17) is 4.74 Å². The highest BCUT2D eigenvalue weighted by Gasteiger charge is 2.26. The minimum Gasteiger partial charge on any atom is -0.489 e. The van der Waals surface area contributed by atoms with Gasteiger partial charge in [-0.3, -0.25) is 15.0 Å². The van der Waals surface area contributed by atoms with Crippen LogP contribution >= 0.6 is 0 Å². The highest BCUT2D eigenvalue weighted by Crippen LogP contribution is 2.28. The second kappa shape index (κ2) is 10.6. The summed E-state index contributed by atoms with van der Waals surface area (Å²) in [6, 6.07) is 4.69. The number of nitriles is 1. The van der Waals surface area contributed by atoms with Crippen LogP contribution in [-0.4, -0.2) is 49.1 Å². The number of amides is 2. The quantitative estimate of drug-likeness (QED) is 0.539. The molecule has 0 bridgehead atoms. The molecule has 3 heterocycles. The van der Waals surface area contributed by atoms with Crippen molar-refractivity contribution in [1.82, 2.24) is 14.7 Å². The fourth-order valence-electron chi connectivity index (χ4n) is 3.41. The number of aryl methyl sites for hydroxylation is 1. The van der Waals surface area contributed by atoms with Gasteiger partial charge < -0.3 is 4.74 Å². The number of nitrogens with zero attached hydrogens (tertiary/aromatic N) is 4. The van der Waals surface area contributed by atoms with E-state index in [2.05, 4.69) is 20.0 Å². The van der Waals surface area contributed by atoms with Gasteiger partial charge in [-0.2, -0.15) is 5.26 Å². The highest BCUT2D eigenvalue weighted by atomic mass is 32.2. The standard InChI is InChI=1S/C22H26N6O5S/c1-4-34(31,32)25-12-16-8-15-6-5-7-28(21(15)26-18(16)13-29)22(30)27-20-9-19(33-14(2)3)17(10-23)11-24-20/h8-9,11,13-14,25H,4-7,12H2,1-3H3,(H,24,27,30). The lowest BCUT2D eigenvalue weighted by Crippen LogP contribution is -2.40. The first kappa shape index (κ1) is 25.1. The number of carbonyl (C=O) groups is 2. The number of pyridine rings is 2. The van der Waals surface area contributed by atoms with Gasteiger partial charge in [-0.05, 0) is 50.8 Å². The van der Waals surface area contributed by atoms with Gasteiger partial charge in [-0.15, -0.1) is 0 Å². The van der Waals surface area contributed by atoms with Gasteiger partial charge in [0.1, 0.15) is 34.7 Å². The number of urea groups is 1. The predicted molar refractivity (Wildman–Crippen MR) is 125 cm³/mol. The van der Waals surface area contributed by atoms with Crippen molar-refractivity contribution in [3.63, 3.8) is 0 Å². The first-order chi connectivity index (χ1) is 16.2. The molecule has 0 radical (unpaired) electrons. The van der Waals surface area contributed by atoms with Crippen molar-refractivity contribution in [3.05, 3.63) is 40.7 Å². The highest BCUT2D eigenvalue weighted by molar-refractivity contribution is 7.89. The van der Waals surface area contributed by atoms with E-state index in [1.807, 2.05) is 19.9 Å². The predicted octanol–water partition coefficient (Wildman–Crippen LogP) is 2.37. The average Bonchev–Trinajstić information content (AvgIpc) is 2.81.